The van der Waals surface area contributed by atoms with E-state index in [2.05, 4.69) is 137 Å². The maximum atomic E-state index is 2.35. The van der Waals surface area contributed by atoms with Crippen molar-refractivity contribution in [2.24, 2.45) is 0 Å². The van der Waals surface area contributed by atoms with Crippen molar-refractivity contribution in [2.75, 3.05) is 0 Å². The lowest BCUT2D eigenvalue weighted by Crippen LogP contribution is -2.01. The largest absolute Gasteiger partial charge is 0.0622 e. The highest BCUT2D eigenvalue weighted by Gasteiger charge is 2.23. The molecule has 0 spiro atoms. The van der Waals surface area contributed by atoms with Crippen LogP contribution >= 0.6 is 0 Å². The Morgan fingerprint density at radius 3 is 1.03 bits per heavy atom. The molecule has 0 heteroatoms. The first-order chi connectivity index (χ1) is 16.6. The smallest absolute Gasteiger partial charge is 0.00667 e. The highest BCUT2D eigenvalue weighted by atomic mass is 14.3. The summed E-state index contributed by atoms with van der Waals surface area (Å²) in [5.41, 5.74) is 15.6. The minimum atomic E-state index is 1.26. The molecule has 0 N–H and O–H groups in total. The van der Waals surface area contributed by atoms with Crippen LogP contribution in [0.15, 0.2) is 109 Å². The summed E-state index contributed by atoms with van der Waals surface area (Å²) >= 11 is 0. The average Bonchev–Trinajstić information content (AvgIpc) is 2.88. The third-order valence-corrected chi connectivity index (χ3v) is 6.98. The van der Waals surface area contributed by atoms with E-state index in [-0.39, 0.29) is 0 Å². The minimum Gasteiger partial charge on any atom is -0.0622 e. The van der Waals surface area contributed by atoms with Crippen LogP contribution < -0.4 is 0 Å². The molecule has 0 radical (unpaired) electrons. The average molecular weight is 439 g/mol. The minimum absolute atomic E-state index is 1.26. The normalized spacial score (nSPS) is 10.9. The zero-order valence-electron chi connectivity index (χ0n) is 20.4. The molecule has 0 heterocycles. The fraction of sp³-hybridized carbons (Fsp3) is 0.118. The Morgan fingerprint density at radius 2 is 0.676 bits per heavy atom. The van der Waals surface area contributed by atoms with E-state index >= 15 is 0 Å². The zero-order chi connectivity index (χ0) is 23.7. The number of benzene rings is 5. The number of hydrogen-bond acceptors (Lipinski definition) is 0. The SMILES string of the molecule is Cc1ccc(-c2c(C)c(-c3ccccc3)c(-c3ccccc3)c(C)c2-c2ccccc2)cc1C. The first-order valence-corrected chi connectivity index (χ1v) is 12.0. The van der Waals surface area contributed by atoms with Crippen molar-refractivity contribution in [3.8, 4) is 44.5 Å². The van der Waals surface area contributed by atoms with E-state index in [0.29, 0.717) is 0 Å². The first kappa shape index (κ1) is 21.9. The van der Waals surface area contributed by atoms with Gasteiger partial charge in [0.15, 0.2) is 0 Å². The predicted octanol–water partition coefficient (Wildman–Crippen LogP) is 9.59. The van der Waals surface area contributed by atoms with Crippen LogP contribution in [0.1, 0.15) is 22.3 Å². The van der Waals surface area contributed by atoms with Gasteiger partial charge in [0.1, 0.15) is 0 Å². The van der Waals surface area contributed by atoms with Gasteiger partial charge in [-0.2, -0.15) is 0 Å². The molecule has 0 saturated carbocycles. The second-order valence-electron chi connectivity index (χ2n) is 9.15. The molecule has 0 nitrogen and oxygen atoms in total. The van der Waals surface area contributed by atoms with Gasteiger partial charge in [-0.1, -0.05) is 109 Å². The van der Waals surface area contributed by atoms with Gasteiger partial charge in [-0.15, -0.1) is 0 Å². The summed E-state index contributed by atoms with van der Waals surface area (Å²) in [6, 6.07) is 39.4. The van der Waals surface area contributed by atoms with E-state index in [9.17, 15) is 0 Å². The van der Waals surface area contributed by atoms with Crippen molar-refractivity contribution in [3.05, 3.63) is 131 Å². The van der Waals surface area contributed by atoms with Gasteiger partial charge in [-0.05, 0) is 94.5 Å². The quantitative estimate of drug-likeness (QED) is 0.262. The van der Waals surface area contributed by atoms with Gasteiger partial charge in [0, 0.05) is 0 Å². The molecule has 34 heavy (non-hydrogen) atoms. The molecule has 5 aromatic carbocycles. The Hall–Kier alpha value is -3.90. The van der Waals surface area contributed by atoms with E-state index in [1.54, 1.807) is 0 Å². The van der Waals surface area contributed by atoms with Crippen molar-refractivity contribution in [1.29, 1.82) is 0 Å². The summed E-state index contributed by atoms with van der Waals surface area (Å²) in [5, 5.41) is 0. The van der Waals surface area contributed by atoms with Crippen LogP contribution in [0.5, 0.6) is 0 Å². The van der Waals surface area contributed by atoms with E-state index in [0.717, 1.165) is 0 Å². The Balaban J connectivity index is 1.97. The standard InChI is InChI=1S/C34H30/c1-23-20-21-30(22-24(23)2)34-26(4)32(28-16-10-6-11-17-28)31(27-14-8-5-9-15-27)25(3)33(34)29-18-12-7-13-19-29/h5-22H,1-4H3. The molecule has 0 amide bonds. The lowest BCUT2D eigenvalue weighted by molar-refractivity contribution is 1.33. The Labute approximate surface area is 203 Å². The molecule has 0 aromatic heterocycles. The third-order valence-electron chi connectivity index (χ3n) is 6.98. The maximum Gasteiger partial charge on any atom is -0.00667 e. The monoisotopic (exact) mass is 438 g/mol. The molecule has 0 bridgehead atoms. The summed E-state index contributed by atoms with van der Waals surface area (Å²) in [4.78, 5) is 0. The summed E-state index contributed by atoms with van der Waals surface area (Å²) < 4.78 is 0. The number of rotatable bonds is 4. The molecule has 5 rings (SSSR count). The second kappa shape index (κ2) is 9.15. The van der Waals surface area contributed by atoms with Crippen LogP contribution in [-0.4, -0.2) is 0 Å². The van der Waals surface area contributed by atoms with E-state index in [1.807, 2.05) is 0 Å². The van der Waals surface area contributed by atoms with Crippen LogP contribution in [0.25, 0.3) is 44.5 Å². The van der Waals surface area contributed by atoms with Gasteiger partial charge in [-0.3, -0.25) is 0 Å². The maximum absolute atomic E-state index is 2.35. The molecule has 0 atom stereocenters. The molecule has 5 aromatic rings. The van der Waals surface area contributed by atoms with E-state index in [4.69, 9.17) is 0 Å². The highest BCUT2D eigenvalue weighted by Crippen LogP contribution is 2.48. The van der Waals surface area contributed by atoms with Gasteiger partial charge in [-0.25, -0.2) is 0 Å². The summed E-state index contributed by atoms with van der Waals surface area (Å²) in [6.07, 6.45) is 0. The van der Waals surface area contributed by atoms with Crippen molar-refractivity contribution in [3.63, 3.8) is 0 Å². The second-order valence-corrected chi connectivity index (χ2v) is 9.15. The van der Waals surface area contributed by atoms with Crippen LogP contribution in [0, 0.1) is 27.7 Å². The van der Waals surface area contributed by atoms with Crippen LogP contribution in [-0.2, 0) is 0 Å². The first-order valence-electron chi connectivity index (χ1n) is 12.0. The third kappa shape index (κ3) is 3.86. The fourth-order valence-corrected chi connectivity index (χ4v) is 5.15. The van der Waals surface area contributed by atoms with Crippen LogP contribution in [0.4, 0.5) is 0 Å². The fourth-order valence-electron chi connectivity index (χ4n) is 5.15. The Morgan fingerprint density at radius 1 is 0.324 bits per heavy atom. The number of aryl methyl sites for hydroxylation is 2. The van der Waals surface area contributed by atoms with Crippen LogP contribution in [0.3, 0.4) is 0 Å². The van der Waals surface area contributed by atoms with Gasteiger partial charge < -0.3 is 0 Å². The summed E-state index contributed by atoms with van der Waals surface area (Å²) in [7, 11) is 0. The molecule has 0 fully saturated rings. The Bertz CT molecular complexity index is 1440. The lowest BCUT2D eigenvalue weighted by atomic mass is 9.78. The van der Waals surface area contributed by atoms with Crippen molar-refractivity contribution in [1.82, 2.24) is 0 Å². The van der Waals surface area contributed by atoms with Gasteiger partial charge in [0.25, 0.3) is 0 Å². The van der Waals surface area contributed by atoms with Crippen LogP contribution in [0.2, 0.25) is 0 Å². The van der Waals surface area contributed by atoms with E-state index < -0.39 is 0 Å². The topological polar surface area (TPSA) is 0 Å². The molecule has 166 valence electrons. The molecule has 0 aliphatic heterocycles. The molecular formula is C34H30. The lowest BCUT2D eigenvalue weighted by Gasteiger charge is -2.25. The molecule has 0 saturated heterocycles. The zero-order valence-corrected chi connectivity index (χ0v) is 20.4. The van der Waals surface area contributed by atoms with Gasteiger partial charge in [0.2, 0.25) is 0 Å². The van der Waals surface area contributed by atoms with Crippen molar-refractivity contribution < 1.29 is 0 Å². The summed E-state index contributed by atoms with van der Waals surface area (Å²) in [6.45, 7) is 8.98. The molecular weight excluding hydrogens is 408 g/mol. The molecule has 0 aliphatic rings. The summed E-state index contributed by atoms with van der Waals surface area (Å²) in [5.74, 6) is 0. The highest BCUT2D eigenvalue weighted by molar-refractivity contribution is 6.00. The van der Waals surface area contributed by atoms with E-state index in [1.165, 1.54) is 66.8 Å². The molecule has 0 unspecified atom stereocenters. The number of hydrogen-bond donors (Lipinski definition) is 0. The predicted molar refractivity (Wildman–Crippen MR) is 147 cm³/mol. The van der Waals surface area contributed by atoms with Gasteiger partial charge >= 0.3 is 0 Å². The van der Waals surface area contributed by atoms with Crippen molar-refractivity contribution in [2.45, 2.75) is 27.7 Å². The Kier molecular flexibility index (Phi) is 5.90. The molecule has 0 aliphatic carbocycles. The van der Waals surface area contributed by atoms with Crippen molar-refractivity contribution >= 4 is 0 Å². The van der Waals surface area contributed by atoms with Gasteiger partial charge in [0.05, 0.1) is 0 Å².